The standard InChI is InChI=1S/C8H15N2.H2O/c1-6-7(2)10(5)8(3)9(6)4;/h1-5H3;1H2/q+1;/p-1. The molecule has 0 amide bonds. The third-order valence-corrected chi connectivity index (χ3v) is 2.50. The van der Waals surface area contributed by atoms with Crippen LogP contribution in [-0.2, 0) is 14.1 Å². The molecule has 0 aromatic carbocycles. The highest BCUT2D eigenvalue weighted by Gasteiger charge is 2.14. The number of aromatic nitrogens is 2. The van der Waals surface area contributed by atoms with Crippen LogP contribution in [0, 0.1) is 20.8 Å². The highest BCUT2D eigenvalue weighted by Crippen LogP contribution is 2.02. The van der Waals surface area contributed by atoms with Gasteiger partial charge in [0.05, 0.1) is 14.1 Å². The Labute approximate surface area is 67.6 Å². The fourth-order valence-electron chi connectivity index (χ4n) is 1.20. The molecule has 0 atom stereocenters. The summed E-state index contributed by atoms with van der Waals surface area (Å²) in [6.07, 6.45) is 0. The van der Waals surface area contributed by atoms with E-state index in [0.717, 1.165) is 0 Å². The Morgan fingerprint density at radius 2 is 1.64 bits per heavy atom. The number of nitrogens with zero attached hydrogens (tertiary/aromatic N) is 2. The van der Waals surface area contributed by atoms with E-state index in [1.54, 1.807) is 0 Å². The van der Waals surface area contributed by atoms with E-state index in [-0.39, 0.29) is 5.48 Å². The fourth-order valence-corrected chi connectivity index (χ4v) is 1.20. The topological polar surface area (TPSA) is 38.8 Å². The van der Waals surface area contributed by atoms with Crippen molar-refractivity contribution in [1.82, 2.24) is 4.57 Å². The van der Waals surface area contributed by atoms with Gasteiger partial charge in [0.2, 0.25) is 0 Å². The molecule has 1 aromatic rings. The van der Waals surface area contributed by atoms with Crippen LogP contribution in [0.15, 0.2) is 0 Å². The highest BCUT2D eigenvalue weighted by molar-refractivity contribution is 5.05. The van der Waals surface area contributed by atoms with Crippen molar-refractivity contribution in [3.63, 3.8) is 0 Å². The van der Waals surface area contributed by atoms with Gasteiger partial charge < -0.3 is 5.48 Å². The molecule has 0 fully saturated rings. The summed E-state index contributed by atoms with van der Waals surface area (Å²) in [7, 11) is 4.19. The molecule has 1 heterocycles. The second-order valence-corrected chi connectivity index (χ2v) is 2.84. The van der Waals surface area contributed by atoms with Crippen molar-refractivity contribution in [2.75, 3.05) is 0 Å². The van der Waals surface area contributed by atoms with Crippen LogP contribution in [0.1, 0.15) is 17.2 Å². The molecular formula is C8H16N2O. The molecule has 64 valence electrons. The molecule has 0 aliphatic heterocycles. The predicted octanol–water partition coefficient (Wildman–Crippen LogP) is 0.598. The number of hydrogen-bond acceptors (Lipinski definition) is 1. The van der Waals surface area contributed by atoms with Gasteiger partial charge in [-0.05, 0) is 0 Å². The summed E-state index contributed by atoms with van der Waals surface area (Å²) in [4.78, 5) is 0. The average Bonchev–Trinajstić information content (AvgIpc) is 2.07. The second-order valence-electron chi connectivity index (χ2n) is 2.84. The molecular weight excluding hydrogens is 140 g/mol. The average molecular weight is 156 g/mol. The van der Waals surface area contributed by atoms with E-state index in [1.807, 2.05) is 0 Å². The lowest BCUT2D eigenvalue weighted by Gasteiger charge is -1.87. The first-order valence-corrected chi connectivity index (χ1v) is 3.54. The van der Waals surface area contributed by atoms with Crippen molar-refractivity contribution in [3.05, 3.63) is 17.2 Å². The summed E-state index contributed by atoms with van der Waals surface area (Å²) in [5.41, 5.74) is 2.69. The predicted molar refractivity (Wildman–Crippen MR) is 42.7 cm³/mol. The van der Waals surface area contributed by atoms with Crippen molar-refractivity contribution in [2.45, 2.75) is 20.8 Å². The molecule has 1 rings (SSSR count). The Hall–Kier alpha value is -0.830. The first kappa shape index (κ1) is 10.2. The molecule has 0 aliphatic rings. The number of imidazole rings is 1. The second kappa shape index (κ2) is 3.05. The molecule has 0 unspecified atom stereocenters. The van der Waals surface area contributed by atoms with Gasteiger partial charge in [0.1, 0.15) is 11.4 Å². The van der Waals surface area contributed by atoms with Crippen molar-refractivity contribution in [2.24, 2.45) is 14.1 Å². The Balaban J connectivity index is 0.000001000. The van der Waals surface area contributed by atoms with E-state index in [1.165, 1.54) is 17.2 Å². The molecule has 0 radical (unpaired) electrons. The third kappa shape index (κ3) is 1.28. The maximum Gasteiger partial charge on any atom is 0.253 e. The van der Waals surface area contributed by atoms with E-state index in [9.17, 15) is 0 Å². The summed E-state index contributed by atoms with van der Waals surface area (Å²) >= 11 is 0. The van der Waals surface area contributed by atoms with Crippen molar-refractivity contribution in [3.8, 4) is 0 Å². The smallest absolute Gasteiger partial charge is 0.253 e. The number of rotatable bonds is 0. The summed E-state index contributed by atoms with van der Waals surface area (Å²) in [6, 6.07) is 0. The van der Waals surface area contributed by atoms with Gasteiger partial charge in [0, 0.05) is 20.8 Å². The summed E-state index contributed by atoms with van der Waals surface area (Å²) in [6.45, 7) is 6.41. The normalized spacial score (nSPS) is 9.55. The van der Waals surface area contributed by atoms with Crippen LogP contribution >= 0.6 is 0 Å². The van der Waals surface area contributed by atoms with Crippen molar-refractivity contribution in [1.29, 1.82) is 0 Å². The van der Waals surface area contributed by atoms with Crippen LogP contribution in [0.5, 0.6) is 0 Å². The Morgan fingerprint density at radius 1 is 1.18 bits per heavy atom. The van der Waals surface area contributed by atoms with E-state index >= 15 is 0 Å². The minimum atomic E-state index is 0. The van der Waals surface area contributed by atoms with E-state index in [2.05, 4.69) is 44.0 Å². The largest absolute Gasteiger partial charge is 0.870 e. The Kier molecular flexibility index (Phi) is 2.82. The highest BCUT2D eigenvalue weighted by atomic mass is 16.0. The van der Waals surface area contributed by atoms with Crippen LogP contribution in [0.2, 0.25) is 0 Å². The molecule has 3 heteroatoms. The quantitative estimate of drug-likeness (QED) is 0.507. The van der Waals surface area contributed by atoms with E-state index in [0.29, 0.717) is 0 Å². The lowest BCUT2D eigenvalue weighted by atomic mass is 10.4. The van der Waals surface area contributed by atoms with Gasteiger partial charge in [-0.2, -0.15) is 0 Å². The van der Waals surface area contributed by atoms with E-state index < -0.39 is 0 Å². The first-order valence-electron chi connectivity index (χ1n) is 3.54. The van der Waals surface area contributed by atoms with Gasteiger partial charge in [-0.3, -0.25) is 0 Å². The van der Waals surface area contributed by atoms with Gasteiger partial charge in [-0.25, -0.2) is 9.13 Å². The maximum absolute atomic E-state index is 2.20. The van der Waals surface area contributed by atoms with E-state index in [4.69, 9.17) is 0 Å². The molecule has 1 aromatic heterocycles. The van der Waals surface area contributed by atoms with Crippen LogP contribution in [0.3, 0.4) is 0 Å². The van der Waals surface area contributed by atoms with Crippen molar-refractivity contribution >= 4 is 0 Å². The first-order chi connectivity index (χ1) is 4.55. The molecule has 1 N–H and O–H groups in total. The van der Waals surface area contributed by atoms with Gasteiger partial charge >= 0.3 is 0 Å². The molecule has 0 spiro atoms. The maximum atomic E-state index is 2.20. The molecule has 0 aliphatic carbocycles. The zero-order chi connectivity index (χ0) is 7.89. The van der Waals surface area contributed by atoms with Gasteiger partial charge in [0.15, 0.2) is 0 Å². The SMILES string of the molecule is Cc1c(C)[n+](C)c(C)n1C.[OH-]. The van der Waals surface area contributed by atoms with Gasteiger partial charge in [-0.1, -0.05) is 0 Å². The summed E-state index contributed by atoms with van der Waals surface area (Å²) in [5, 5.41) is 0. The summed E-state index contributed by atoms with van der Waals surface area (Å²) in [5.74, 6) is 1.30. The molecule has 0 saturated heterocycles. The van der Waals surface area contributed by atoms with Gasteiger partial charge in [0.25, 0.3) is 5.82 Å². The molecule has 0 saturated carbocycles. The molecule has 3 nitrogen and oxygen atoms in total. The van der Waals surface area contributed by atoms with Crippen LogP contribution in [-0.4, -0.2) is 10.0 Å². The molecule has 11 heavy (non-hydrogen) atoms. The van der Waals surface area contributed by atoms with Crippen LogP contribution < -0.4 is 4.57 Å². The lowest BCUT2D eigenvalue weighted by molar-refractivity contribution is -0.683. The third-order valence-electron chi connectivity index (χ3n) is 2.50. The van der Waals surface area contributed by atoms with Crippen LogP contribution in [0.25, 0.3) is 0 Å². The fraction of sp³-hybridized carbons (Fsp3) is 0.625. The summed E-state index contributed by atoms with van der Waals surface area (Å²) < 4.78 is 4.41. The van der Waals surface area contributed by atoms with Crippen molar-refractivity contribution < 1.29 is 10.0 Å². The molecule has 0 bridgehead atoms. The lowest BCUT2D eigenvalue weighted by Crippen LogP contribution is -2.32. The van der Waals surface area contributed by atoms with Crippen LogP contribution in [0.4, 0.5) is 0 Å². The number of hydrogen-bond donors (Lipinski definition) is 0. The zero-order valence-electron chi connectivity index (χ0n) is 7.84. The van der Waals surface area contributed by atoms with Gasteiger partial charge in [-0.15, -0.1) is 0 Å². The monoisotopic (exact) mass is 156 g/mol. The minimum Gasteiger partial charge on any atom is -0.870 e. The zero-order valence-corrected chi connectivity index (χ0v) is 7.84. The minimum absolute atomic E-state index is 0. The Bertz CT molecular complexity index is 183. The Morgan fingerprint density at radius 3 is 1.73 bits per heavy atom.